The largest absolute Gasteiger partial charge is 0.381 e. The normalized spacial score (nSPS) is 21.4. The molecule has 31 heavy (non-hydrogen) atoms. The lowest BCUT2D eigenvalue weighted by Crippen LogP contribution is -2.38. The highest BCUT2D eigenvalue weighted by Gasteiger charge is 2.30. The monoisotopic (exact) mass is 445 g/mol. The van der Waals surface area contributed by atoms with Crippen LogP contribution >= 0.6 is 0 Å². The third-order valence-electron chi connectivity index (χ3n) is 7.12. The number of hydrogen-bond donors (Lipinski definition) is 0. The quantitative estimate of drug-likeness (QED) is 0.677. The molecule has 2 aliphatic heterocycles. The Balaban J connectivity index is 1.13. The van der Waals surface area contributed by atoms with E-state index in [0.29, 0.717) is 35.7 Å². The first-order valence-corrected chi connectivity index (χ1v) is 13.1. The van der Waals surface area contributed by atoms with Gasteiger partial charge in [0, 0.05) is 38.6 Å². The van der Waals surface area contributed by atoms with Gasteiger partial charge in [0.05, 0.1) is 4.90 Å². The first-order chi connectivity index (χ1) is 15.1. The predicted molar refractivity (Wildman–Crippen MR) is 115 cm³/mol. The Morgan fingerprint density at radius 2 is 1.81 bits per heavy atom. The maximum Gasteiger partial charge on any atom is 0.243 e. The van der Waals surface area contributed by atoms with E-state index < -0.39 is 10.0 Å². The number of hydrogen-bond acceptors (Lipinski definition) is 6. The van der Waals surface area contributed by atoms with Gasteiger partial charge in [-0.25, -0.2) is 8.42 Å². The molecule has 1 aromatic heterocycles. The molecule has 0 radical (unpaired) electrons. The van der Waals surface area contributed by atoms with E-state index in [2.05, 4.69) is 10.1 Å². The van der Waals surface area contributed by atoms with Gasteiger partial charge in [0.15, 0.2) is 5.82 Å². The lowest BCUT2D eigenvalue weighted by atomic mass is 9.93. The number of piperidine rings is 1. The summed E-state index contributed by atoms with van der Waals surface area (Å²) in [6.07, 6.45) is 8.58. The summed E-state index contributed by atoms with van der Waals surface area (Å²) in [5.41, 5.74) is 2.51. The second-order valence-electron chi connectivity index (χ2n) is 9.10. The smallest absolute Gasteiger partial charge is 0.243 e. The van der Waals surface area contributed by atoms with Gasteiger partial charge in [0.25, 0.3) is 0 Å². The van der Waals surface area contributed by atoms with Gasteiger partial charge >= 0.3 is 0 Å². The molecule has 3 aliphatic rings. The molecule has 7 nitrogen and oxygen atoms in total. The van der Waals surface area contributed by atoms with Crippen LogP contribution in [-0.4, -0.2) is 49.2 Å². The summed E-state index contributed by atoms with van der Waals surface area (Å²) < 4.78 is 38.8. The molecule has 0 atom stereocenters. The molecule has 0 spiro atoms. The van der Waals surface area contributed by atoms with Crippen molar-refractivity contribution in [2.45, 2.75) is 68.6 Å². The average Bonchev–Trinajstić information content (AvgIpc) is 3.47. The minimum absolute atomic E-state index is 0.346. The summed E-state index contributed by atoms with van der Waals surface area (Å²) in [7, 11) is -3.40. The lowest BCUT2D eigenvalue weighted by Gasteiger charge is -2.31. The lowest BCUT2D eigenvalue weighted by molar-refractivity contribution is 0.0830. The maximum absolute atomic E-state index is 13.1. The van der Waals surface area contributed by atoms with E-state index in [9.17, 15) is 8.42 Å². The first kappa shape index (κ1) is 21.1. The van der Waals surface area contributed by atoms with Crippen LogP contribution in [0.4, 0.5) is 0 Å². The van der Waals surface area contributed by atoms with Crippen molar-refractivity contribution in [1.29, 1.82) is 0 Å². The number of nitrogens with zero attached hydrogens (tertiary/aromatic N) is 3. The van der Waals surface area contributed by atoms with Gasteiger partial charge < -0.3 is 9.26 Å². The molecule has 0 saturated carbocycles. The van der Waals surface area contributed by atoms with E-state index in [1.807, 2.05) is 12.1 Å². The second kappa shape index (κ2) is 9.00. The van der Waals surface area contributed by atoms with Crippen molar-refractivity contribution in [2.75, 3.05) is 26.3 Å². The SMILES string of the molecule is O=S(=O)(c1ccc2c(c1)CCC2)N1CCC(CCc2nc(C3CCOCC3)no2)CC1. The molecular formula is C23H31N3O4S. The maximum atomic E-state index is 13.1. The fourth-order valence-electron chi connectivity index (χ4n) is 5.11. The summed E-state index contributed by atoms with van der Waals surface area (Å²) >= 11 is 0. The van der Waals surface area contributed by atoms with Crippen LogP contribution in [0.3, 0.4) is 0 Å². The first-order valence-electron chi connectivity index (χ1n) is 11.6. The van der Waals surface area contributed by atoms with Crippen LogP contribution in [0.1, 0.15) is 67.3 Å². The van der Waals surface area contributed by atoms with Gasteiger partial charge in [-0.3, -0.25) is 0 Å². The zero-order valence-electron chi connectivity index (χ0n) is 18.0. The van der Waals surface area contributed by atoms with Crippen LogP contribution in [0.5, 0.6) is 0 Å². The van der Waals surface area contributed by atoms with E-state index in [4.69, 9.17) is 9.26 Å². The average molecular weight is 446 g/mol. The molecule has 1 aliphatic carbocycles. The van der Waals surface area contributed by atoms with Gasteiger partial charge in [-0.1, -0.05) is 11.2 Å². The fraction of sp³-hybridized carbons (Fsp3) is 0.652. The minimum Gasteiger partial charge on any atom is -0.381 e. The Labute approximate surface area is 184 Å². The van der Waals surface area contributed by atoms with Crippen LogP contribution in [0, 0.1) is 5.92 Å². The Morgan fingerprint density at radius 3 is 2.61 bits per heavy atom. The number of rotatable bonds is 6. The fourth-order valence-corrected chi connectivity index (χ4v) is 6.64. The number of ether oxygens (including phenoxy) is 1. The summed E-state index contributed by atoms with van der Waals surface area (Å²) in [6.45, 7) is 2.70. The molecule has 0 bridgehead atoms. The van der Waals surface area contributed by atoms with Gasteiger partial charge in [0.1, 0.15) is 0 Å². The van der Waals surface area contributed by atoms with Crippen molar-refractivity contribution in [3.63, 3.8) is 0 Å². The molecule has 8 heteroatoms. The summed E-state index contributed by atoms with van der Waals surface area (Å²) in [5.74, 6) is 2.35. The van der Waals surface area contributed by atoms with Crippen LogP contribution < -0.4 is 0 Å². The Bertz CT molecular complexity index is 1010. The number of aryl methyl sites for hydroxylation is 3. The molecule has 2 fully saturated rings. The van der Waals surface area contributed by atoms with Crippen LogP contribution in [0.15, 0.2) is 27.6 Å². The molecule has 0 unspecified atom stereocenters. The van der Waals surface area contributed by atoms with E-state index >= 15 is 0 Å². The number of sulfonamides is 1. The van der Waals surface area contributed by atoms with Crippen molar-refractivity contribution >= 4 is 10.0 Å². The molecule has 1 aromatic carbocycles. The molecular weight excluding hydrogens is 414 g/mol. The van der Waals surface area contributed by atoms with Crippen molar-refractivity contribution in [3.05, 3.63) is 41.0 Å². The highest BCUT2D eigenvalue weighted by Crippen LogP contribution is 2.30. The third kappa shape index (κ3) is 4.56. The van der Waals surface area contributed by atoms with Crippen molar-refractivity contribution in [3.8, 4) is 0 Å². The summed E-state index contributed by atoms with van der Waals surface area (Å²) in [6, 6.07) is 5.69. The van der Waals surface area contributed by atoms with E-state index in [-0.39, 0.29) is 0 Å². The van der Waals surface area contributed by atoms with Crippen molar-refractivity contribution < 1.29 is 17.7 Å². The van der Waals surface area contributed by atoms with Crippen LogP contribution in [0.2, 0.25) is 0 Å². The summed E-state index contributed by atoms with van der Waals surface area (Å²) in [5, 5.41) is 4.18. The molecule has 5 rings (SSSR count). The molecule has 168 valence electrons. The number of fused-ring (bicyclic) bond motifs is 1. The van der Waals surface area contributed by atoms with Gasteiger partial charge in [-0.15, -0.1) is 0 Å². The number of aromatic nitrogens is 2. The number of benzene rings is 1. The zero-order chi connectivity index (χ0) is 21.3. The third-order valence-corrected chi connectivity index (χ3v) is 9.01. The van der Waals surface area contributed by atoms with E-state index in [1.165, 1.54) is 11.1 Å². The molecule has 2 saturated heterocycles. The Kier molecular flexibility index (Phi) is 6.12. The molecule has 0 amide bonds. The second-order valence-corrected chi connectivity index (χ2v) is 11.0. The molecule has 2 aromatic rings. The zero-order valence-corrected chi connectivity index (χ0v) is 18.8. The van der Waals surface area contributed by atoms with Crippen molar-refractivity contribution in [1.82, 2.24) is 14.4 Å². The summed E-state index contributed by atoms with van der Waals surface area (Å²) in [4.78, 5) is 5.06. The topological polar surface area (TPSA) is 85.5 Å². The molecule has 3 heterocycles. The standard InChI is InChI=1S/C23H31N3O4S/c27-31(28,21-6-5-18-2-1-3-20(18)16-21)26-12-8-17(9-13-26)4-7-22-24-23(25-30-22)19-10-14-29-15-11-19/h5-6,16-17,19H,1-4,7-15H2. The van der Waals surface area contributed by atoms with E-state index in [1.54, 1.807) is 10.4 Å². The minimum atomic E-state index is -3.40. The van der Waals surface area contributed by atoms with Crippen LogP contribution in [0.25, 0.3) is 0 Å². The van der Waals surface area contributed by atoms with Gasteiger partial charge in [-0.2, -0.15) is 9.29 Å². The van der Waals surface area contributed by atoms with Gasteiger partial charge in [-0.05, 0) is 80.5 Å². The van der Waals surface area contributed by atoms with Crippen molar-refractivity contribution in [2.24, 2.45) is 5.92 Å². The predicted octanol–water partition coefficient (Wildman–Crippen LogP) is 3.49. The highest BCUT2D eigenvalue weighted by molar-refractivity contribution is 7.89. The van der Waals surface area contributed by atoms with E-state index in [0.717, 1.165) is 76.8 Å². The van der Waals surface area contributed by atoms with Crippen LogP contribution in [-0.2, 0) is 34.0 Å². The Morgan fingerprint density at radius 1 is 1.03 bits per heavy atom. The Hall–Kier alpha value is -1.77. The molecule has 0 N–H and O–H groups in total. The van der Waals surface area contributed by atoms with Gasteiger partial charge in [0.2, 0.25) is 15.9 Å². The highest BCUT2D eigenvalue weighted by atomic mass is 32.2.